The van der Waals surface area contributed by atoms with Crippen molar-refractivity contribution in [1.82, 2.24) is 0 Å². The van der Waals surface area contributed by atoms with Gasteiger partial charge in [0.25, 0.3) is 0 Å². The molecule has 0 N–H and O–H groups in total. The number of carbonyl (C=O) groups excluding carboxylic acids is 1. The Kier molecular flexibility index (Phi) is 2.25. The highest BCUT2D eigenvalue weighted by atomic mass is 32.2. The van der Waals surface area contributed by atoms with Crippen molar-refractivity contribution in [2.75, 3.05) is 11.5 Å². The molecule has 3 nitrogen and oxygen atoms in total. The number of aldehydes is 1. The molecule has 0 radical (unpaired) electrons. The van der Waals surface area contributed by atoms with Crippen molar-refractivity contribution < 1.29 is 13.2 Å². The Bertz CT molecular complexity index is 323. The molecule has 1 aliphatic heterocycles. The zero-order valence-electron chi connectivity index (χ0n) is 6.62. The Balaban J connectivity index is 2.88. The minimum Gasteiger partial charge on any atom is -0.303 e. The lowest BCUT2D eigenvalue weighted by atomic mass is 9.86. The monoisotopic (exact) mass is 186 g/mol. The van der Waals surface area contributed by atoms with Crippen molar-refractivity contribution in [2.45, 2.75) is 12.8 Å². The van der Waals surface area contributed by atoms with E-state index in [4.69, 9.17) is 6.42 Å². The molecule has 1 fully saturated rings. The van der Waals surface area contributed by atoms with Gasteiger partial charge in [-0.1, -0.05) is 0 Å². The molecule has 1 atom stereocenters. The molecule has 0 aromatic carbocycles. The van der Waals surface area contributed by atoms with Gasteiger partial charge in [-0.25, -0.2) is 8.42 Å². The second-order valence-corrected chi connectivity index (χ2v) is 5.39. The number of terminal acetylenes is 1. The van der Waals surface area contributed by atoms with E-state index in [-0.39, 0.29) is 17.9 Å². The molecule has 1 rings (SSSR count). The van der Waals surface area contributed by atoms with E-state index >= 15 is 0 Å². The summed E-state index contributed by atoms with van der Waals surface area (Å²) in [6.45, 7) is 0. The molecule has 0 amide bonds. The highest BCUT2D eigenvalue weighted by Crippen LogP contribution is 2.32. The van der Waals surface area contributed by atoms with E-state index in [1.807, 2.05) is 0 Å². The maximum atomic E-state index is 11.1. The SMILES string of the molecule is C#CCC1(C=O)CCS(=O)(=O)C1. The van der Waals surface area contributed by atoms with Crippen LogP contribution in [0.1, 0.15) is 12.8 Å². The predicted octanol–water partition coefficient (Wildman–Crippen LogP) is 0.0135. The van der Waals surface area contributed by atoms with Crippen LogP contribution in [-0.2, 0) is 14.6 Å². The summed E-state index contributed by atoms with van der Waals surface area (Å²) < 4.78 is 22.1. The zero-order valence-corrected chi connectivity index (χ0v) is 7.43. The fourth-order valence-corrected chi connectivity index (χ4v) is 3.47. The van der Waals surface area contributed by atoms with Gasteiger partial charge in [-0.05, 0) is 6.42 Å². The van der Waals surface area contributed by atoms with Gasteiger partial charge in [-0.15, -0.1) is 12.3 Å². The molecular formula is C8H10O3S. The quantitative estimate of drug-likeness (QED) is 0.451. The standard InChI is InChI=1S/C8H10O3S/c1-2-3-8(6-9)4-5-12(10,11)7-8/h1,6H,3-5,7H2. The summed E-state index contributed by atoms with van der Waals surface area (Å²) in [6, 6.07) is 0. The third kappa shape index (κ3) is 1.67. The average molecular weight is 186 g/mol. The van der Waals surface area contributed by atoms with Gasteiger partial charge in [0.2, 0.25) is 0 Å². The molecule has 1 heterocycles. The van der Waals surface area contributed by atoms with Crippen molar-refractivity contribution in [1.29, 1.82) is 0 Å². The molecule has 66 valence electrons. The second-order valence-electron chi connectivity index (χ2n) is 3.20. The van der Waals surface area contributed by atoms with Crippen LogP contribution >= 0.6 is 0 Å². The molecule has 1 aliphatic rings. The first-order valence-electron chi connectivity index (χ1n) is 3.64. The number of hydrogen-bond acceptors (Lipinski definition) is 3. The van der Waals surface area contributed by atoms with Crippen molar-refractivity contribution in [3.8, 4) is 12.3 Å². The Morgan fingerprint density at radius 3 is 2.58 bits per heavy atom. The number of rotatable bonds is 2. The van der Waals surface area contributed by atoms with Gasteiger partial charge in [-0.3, -0.25) is 0 Å². The van der Waals surface area contributed by atoms with Crippen LogP contribution in [0.2, 0.25) is 0 Å². The van der Waals surface area contributed by atoms with Crippen LogP contribution < -0.4 is 0 Å². The number of sulfone groups is 1. The van der Waals surface area contributed by atoms with E-state index in [1.54, 1.807) is 0 Å². The van der Waals surface area contributed by atoms with Crippen molar-refractivity contribution in [3.63, 3.8) is 0 Å². The first kappa shape index (κ1) is 9.27. The lowest BCUT2D eigenvalue weighted by Crippen LogP contribution is -2.23. The Morgan fingerprint density at radius 2 is 2.25 bits per heavy atom. The first-order valence-corrected chi connectivity index (χ1v) is 5.46. The molecule has 0 aliphatic carbocycles. The van der Waals surface area contributed by atoms with E-state index in [9.17, 15) is 13.2 Å². The van der Waals surface area contributed by atoms with E-state index in [1.165, 1.54) is 0 Å². The highest BCUT2D eigenvalue weighted by Gasteiger charge is 2.41. The van der Waals surface area contributed by atoms with Crippen LogP contribution in [0, 0.1) is 17.8 Å². The second kappa shape index (κ2) is 2.91. The lowest BCUT2D eigenvalue weighted by Gasteiger charge is -2.15. The third-order valence-corrected chi connectivity index (χ3v) is 3.96. The fraction of sp³-hybridized carbons (Fsp3) is 0.625. The maximum Gasteiger partial charge on any atom is 0.151 e. The van der Waals surface area contributed by atoms with Crippen LogP contribution in [0.25, 0.3) is 0 Å². The van der Waals surface area contributed by atoms with Crippen LogP contribution in [0.3, 0.4) is 0 Å². The lowest BCUT2D eigenvalue weighted by molar-refractivity contribution is -0.114. The van der Waals surface area contributed by atoms with Gasteiger partial charge in [0.15, 0.2) is 9.84 Å². The van der Waals surface area contributed by atoms with E-state index in [0.29, 0.717) is 12.7 Å². The van der Waals surface area contributed by atoms with Crippen molar-refractivity contribution in [3.05, 3.63) is 0 Å². The van der Waals surface area contributed by atoms with Gasteiger partial charge in [-0.2, -0.15) is 0 Å². The molecule has 0 aromatic heterocycles. The summed E-state index contributed by atoms with van der Waals surface area (Å²) in [5, 5.41) is 0. The molecular weight excluding hydrogens is 176 g/mol. The summed E-state index contributed by atoms with van der Waals surface area (Å²) in [7, 11) is -3.02. The van der Waals surface area contributed by atoms with Gasteiger partial charge in [0, 0.05) is 6.42 Å². The molecule has 1 saturated heterocycles. The molecule has 0 aromatic rings. The van der Waals surface area contributed by atoms with Gasteiger partial charge < -0.3 is 4.79 Å². The molecule has 0 spiro atoms. The maximum absolute atomic E-state index is 11.1. The molecule has 12 heavy (non-hydrogen) atoms. The van der Waals surface area contributed by atoms with E-state index in [0.717, 1.165) is 0 Å². The predicted molar refractivity (Wildman–Crippen MR) is 45.2 cm³/mol. The summed E-state index contributed by atoms with van der Waals surface area (Å²) >= 11 is 0. The molecule has 0 bridgehead atoms. The van der Waals surface area contributed by atoms with Gasteiger partial charge >= 0.3 is 0 Å². The Labute approximate surface area is 72.1 Å². The van der Waals surface area contributed by atoms with Crippen LogP contribution in [0.5, 0.6) is 0 Å². The smallest absolute Gasteiger partial charge is 0.151 e. The minimum atomic E-state index is -3.02. The Morgan fingerprint density at radius 1 is 1.58 bits per heavy atom. The normalized spacial score (nSPS) is 32.6. The van der Waals surface area contributed by atoms with Crippen LogP contribution in [-0.4, -0.2) is 26.2 Å². The largest absolute Gasteiger partial charge is 0.303 e. The minimum absolute atomic E-state index is 0.0757. The van der Waals surface area contributed by atoms with Crippen LogP contribution in [0.15, 0.2) is 0 Å². The van der Waals surface area contributed by atoms with Crippen LogP contribution in [0.4, 0.5) is 0 Å². The van der Waals surface area contributed by atoms with E-state index in [2.05, 4.69) is 5.92 Å². The first-order chi connectivity index (χ1) is 5.54. The summed E-state index contributed by atoms with van der Waals surface area (Å²) in [5.41, 5.74) is -0.784. The summed E-state index contributed by atoms with van der Waals surface area (Å²) in [4.78, 5) is 10.6. The molecule has 0 saturated carbocycles. The zero-order chi connectivity index (χ0) is 9.24. The molecule has 4 heteroatoms. The van der Waals surface area contributed by atoms with Gasteiger partial charge in [0.05, 0.1) is 16.9 Å². The number of carbonyl (C=O) groups is 1. The van der Waals surface area contributed by atoms with Crippen molar-refractivity contribution >= 4 is 16.1 Å². The van der Waals surface area contributed by atoms with Crippen molar-refractivity contribution in [2.24, 2.45) is 5.41 Å². The number of hydrogen-bond donors (Lipinski definition) is 0. The van der Waals surface area contributed by atoms with Gasteiger partial charge in [0.1, 0.15) is 6.29 Å². The summed E-state index contributed by atoms with van der Waals surface area (Å²) in [6.07, 6.45) is 6.36. The third-order valence-electron chi connectivity index (χ3n) is 2.12. The molecule has 1 unspecified atom stereocenters. The fourth-order valence-electron chi connectivity index (χ4n) is 1.42. The summed E-state index contributed by atoms with van der Waals surface area (Å²) in [5.74, 6) is 2.36. The topological polar surface area (TPSA) is 51.2 Å². The highest BCUT2D eigenvalue weighted by molar-refractivity contribution is 7.91. The van der Waals surface area contributed by atoms with E-state index < -0.39 is 15.3 Å². The average Bonchev–Trinajstić information content (AvgIpc) is 2.29. The Hall–Kier alpha value is -0.820.